The van der Waals surface area contributed by atoms with Gasteiger partial charge in [0.05, 0.1) is 6.04 Å². The average Bonchev–Trinajstić information content (AvgIpc) is 2.80. The van der Waals surface area contributed by atoms with Gasteiger partial charge in [-0.3, -0.25) is 5.41 Å². The third-order valence-corrected chi connectivity index (χ3v) is 4.22. The lowest BCUT2D eigenvalue weighted by Gasteiger charge is -2.13. The molecule has 0 amide bonds. The van der Waals surface area contributed by atoms with Crippen molar-refractivity contribution < 1.29 is 0 Å². The molecule has 2 N–H and O–H groups in total. The van der Waals surface area contributed by atoms with Crippen LogP contribution in [0.3, 0.4) is 0 Å². The van der Waals surface area contributed by atoms with E-state index in [4.69, 9.17) is 5.41 Å². The molecule has 2 heteroatoms. The lowest BCUT2D eigenvalue weighted by molar-refractivity contribution is 0.746. The maximum atomic E-state index is 8.32. The Bertz CT molecular complexity index is 850. The molecular formula is C19H16N2. The second-order valence-electron chi connectivity index (χ2n) is 5.54. The van der Waals surface area contributed by atoms with Gasteiger partial charge in [0, 0.05) is 11.1 Å². The number of benzene rings is 3. The fourth-order valence-corrected chi connectivity index (χ4v) is 3.25. The van der Waals surface area contributed by atoms with Crippen molar-refractivity contribution in [1.82, 2.24) is 5.32 Å². The zero-order valence-electron chi connectivity index (χ0n) is 11.9. The van der Waals surface area contributed by atoms with Crippen molar-refractivity contribution in [3.05, 3.63) is 71.8 Å². The summed E-state index contributed by atoms with van der Waals surface area (Å²) in [5.74, 6) is 0.530. The van der Waals surface area contributed by atoms with Crippen molar-refractivity contribution in [2.45, 2.75) is 13.0 Å². The van der Waals surface area contributed by atoms with E-state index in [1.807, 2.05) is 6.07 Å². The molecule has 0 spiro atoms. The molecule has 1 aliphatic heterocycles. The van der Waals surface area contributed by atoms with E-state index in [-0.39, 0.29) is 6.04 Å². The molecule has 0 saturated heterocycles. The van der Waals surface area contributed by atoms with Crippen LogP contribution in [0.4, 0.5) is 0 Å². The molecule has 21 heavy (non-hydrogen) atoms. The summed E-state index contributed by atoms with van der Waals surface area (Å²) in [5, 5.41) is 14.0. The molecule has 1 aliphatic rings. The topological polar surface area (TPSA) is 35.9 Å². The van der Waals surface area contributed by atoms with Crippen molar-refractivity contribution in [3.63, 3.8) is 0 Å². The summed E-state index contributed by atoms with van der Waals surface area (Å²) in [7, 11) is 0. The molecule has 102 valence electrons. The average molecular weight is 272 g/mol. The van der Waals surface area contributed by atoms with Crippen molar-refractivity contribution >= 4 is 16.6 Å². The first-order valence-electron chi connectivity index (χ1n) is 7.22. The normalized spacial score (nSPS) is 16.8. The van der Waals surface area contributed by atoms with Gasteiger partial charge in [-0.15, -0.1) is 0 Å². The van der Waals surface area contributed by atoms with Crippen LogP contribution >= 0.6 is 0 Å². The summed E-state index contributed by atoms with van der Waals surface area (Å²) >= 11 is 0. The quantitative estimate of drug-likeness (QED) is 0.672. The predicted molar refractivity (Wildman–Crippen MR) is 87.8 cm³/mol. The van der Waals surface area contributed by atoms with Gasteiger partial charge in [0.2, 0.25) is 0 Å². The van der Waals surface area contributed by atoms with Crippen LogP contribution < -0.4 is 5.32 Å². The third-order valence-electron chi connectivity index (χ3n) is 4.22. The highest BCUT2D eigenvalue weighted by molar-refractivity contribution is 6.14. The van der Waals surface area contributed by atoms with E-state index < -0.39 is 0 Å². The van der Waals surface area contributed by atoms with Gasteiger partial charge in [0.25, 0.3) is 0 Å². The highest BCUT2D eigenvalue weighted by Gasteiger charge is 2.27. The first-order valence-corrected chi connectivity index (χ1v) is 7.22. The molecule has 0 saturated carbocycles. The Morgan fingerprint density at radius 1 is 0.905 bits per heavy atom. The van der Waals surface area contributed by atoms with Crippen LogP contribution in [0, 0.1) is 5.41 Å². The summed E-state index contributed by atoms with van der Waals surface area (Å²) in [5.41, 5.74) is 4.61. The van der Waals surface area contributed by atoms with Gasteiger partial charge in [-0.05, 0) is 34.9 Å². The van der Waals surface area contributed by atoms with Gasteiger partial charge < -0.3 is 5.32 Å². The molecule has 0 aromatic heterocycles. The molecule has 2 nitrogen and oxygen atoms in total. The zero-order chi connectivity index (χ0) is 14.4. The SMILES string of the molecule is CC1NC(=N)c2c1cc1ccccc1c2-c1ccccc1. The summed E-state index contributed by atoms with van der Waals surface area (Å²) in [6, 6.07) is 21.2. The summed E-state index contributed by atoms with van der Waals surface area (Å²) in [4.78, 5) is 0. The minimum absolute atomic E-state index is 0.194. The lowest BCUT2D eigenvalue weighted by atomic mass is 9.89. The molecule has 1 atom stereocenters. The van der Waals surface area contributed by atoms with E-state index >= 15 is 0 Å². The molecular weight excluding hydrogens is 256 g/mol. The Labute approximate surface area is 123 Å². The Morgan fingerprint density at radius 3 is 2.43 bits per heavy atom. The van der Waals surface area contributed by atoms with Crippen LogP contribution in [-0.2, 0) is 0 Å². The van der Waals surface area contributed by atoms with Gasteiger partial charge in [0.1, 0.15) is 5.84 Å². The van der Waals surface area contributed by atoms with Crippen molar-refractivity contribution in [2.24, 2.45) is 0 Å². The molecule has 0 aliphatic carbocycles. The van der Waals surface area contributed by atoms with E-state index in [1.165, 1.54) is 27.5 Å². The maximum Gasteiger partial charge on any atom is 0.126 e. The second kappa shape index (κ2) is 4.45. The fourth-order valence-electron chi connectivity index (χ4n) is 3.25. The number of amidine groups is 1. The largest absolute Gasteiger partial charge is 0.363 e. The molecule has 0 bridgehead atoms. The van der Waals surface area contributed by atoms with Gasteiger partial charge in [-0.2, -0.15) is 0 Å². The van der Waals surface area contributed by atoms with E-state index in [0.717, 1.165) is 5.56 Å². The first-order chi connectivity index (χ1) is 10.3. The number of nitrogens with one attached hydrogen (secondary N) is 2. The minimum Gasteiger partial charge on any atom is -0.363 e. The van der Waals surface area contributed by atoms with E-state index in [9.17, 15) is 0 Å². The third kappa shape index (κ3) is 1.76. The smallest absolute Gasteiger partial charge is 0.126 e. The lowest BCUT2D eigenvalue weighted by Crippen LogP contribution is -2.16. The molecule has 1 unspecified atom stereocenters. The number of hydrogen-bond donors (Lipinski definition) is 2. The van der Waals surface area contributed by atoms with Gasteiger partial charge >= 0.3 is 0 Å². The predicted octanol–water partition coefficient (Wildman–Crippen LogP) is 4.50. The van der Waals surface area contributed by atoms with Crippen LogP contribution in [0.5, 0.6) is 0 Å². The number of rotatable bonds is 1. The Balaban J connectivity index is 2.17. The second-order valence-corrected chi connectivity index (χ2v) is 5.54. The summed E-state index contributed by atoms with van der Waals surface area (Å²) in [6.45, 7) is 2.12. The molecule has 4 rings (SSSR count). The van der Waals surface area contributed by atoms with Crippen molar-refractivity contribution in [2.75, 3.05) is 0 Å². The zero-order valence-corrected chi connectivity index (χ0v) is 11.9. The van der Waals surface area contributed by atoms with Crippen molar-refractivity contribution in [1.29, 1.82) is 5.41 Å². The van der Waals surface area contributed by atoms with E-state index in [0.29, 0.717) is 5.84 Å². The van der Waals surface area contributed by atoms with Gasteiger partial charge in [0.15, 0.2) is 0 Å². The maximum absolute atomic E-state index is 8.32. The summed E-state index contributed by atoms with van der Waals surface area (Å²) < 4.78 is 0. The Morgan fingerprint density at radius 2 is 1.62 bits per heavy atom. The molecule has 0 radical (unpaired) electrons. The van der Waals surface area contributed by atoms with Crippen LogP contribution in [-0.4, -0.2) is 5.84 Å². The molecule has 1 heterocycles. The highest BCUT2D eigenvalue weighted by atomic mass is 15.0. The van der Waals surface area contributed by atoms with Crippen LogP contribution in [0.15, 0.2) is 60.7 Å². The Kier molecular flexibility index (Phi) is 2.58. The summed E-state index contributed by atoms with van der Waals surface area (Å²) in [6.07, 6.45) is 0. The standard InChI is InChI=1S/C19H16N2/c1-12-16-11-14-9-5-6-10-15(14)17(18(16)19(20)21-12)13-7-3-2-4-8-13/h2-12H,1H3,(H2,20,21). The monoisotopic (exact) mass is 272 g/mol. The van der Waals surface area contributed by atoms with Gasteiger partial charge in [-0.1, -0.05) is 54.6 Å². The van der Waals surface area contributed by atoms with Crippen LogP contribution in [0.1, 0.15) is 24.1 Å². The molecule has 3 aromatic carbocycles. The highest BCUT2D eigenvalue weighted by Crippen LogP contribution is 2.39. The van der Waals surface area contributed by atoms with Crippen LogP contribution in [0.25, 0.3) is 21.9 Å². The van der Waals surface area contributed by atoms with Crippen LogP contribution in [0.2, 0.25) is 0 Å². The van der Waals surface area contributed by atoms with E-state index in [1.54, 1.807) is 0 Å². The molecule has 3 aromatic rings. The van der Waals surface area contributed by atoms with Gasteiger partial charge in [-0.25, -0.2) is 0 Å². The molecule has 0 fully saturated rings. The minimum atomic E-state index is 0.194. The van der Waals surface area contributed by atoms with E-state index in [2.05, 4.69) is 66.8 Å². The first kappa shape index (κ1) is 12.2. The van der Waals surface area contributed by atoms with Crippen molar-refractivity contribution in [3.8, 4) is 11.1 Å². The number of hydrogen-bond acceptors (Lipinski definition) is 1. The number of fused-ring (bicyclic) bond motifs is 2. The fraction of sp³-hybridized carbons (Fsp3) is 0.105. The Hall–Kier alpha value is -2.61.